The number of nitrogens with zero attached hydrogens (tertiary/aromatic N) is 3. The van der Waals surface area contributed by atoms with Crippen LogP contribution in [-0.4, -0.2) is 66.7 Å². The van der Waals surface area contributed by atoms with Crippen LogP contribution in [0.15, 0.2) is 48.7 Å². The lowest BCUT2D eigenvalue weighted by Gasteiger charge is -2.32. The van der Waals surface area contributed by atoms with E-state index in [0.717, 1.165) is 36.0 Å². The minimum absolute atomic E-state index is 0.0650. The summed E-state index contributed by atoms with van der Waals surface area (Å²) in [6.45, 7) is 1.06. The number of methoxy groups -OCH3 is 1. The van der Waals surface area contributed by atoms with Gasteiger partial charge in [-0.05, 0) is 54.8 Å². The van der Waals surface area contributed by atoms with Gasteiger partial charge in [0.25, 0.3) is 5.91 Å². The van der Waals surface area contributed by atoms with E-state index in [2.05, 4.69) is 30.2 Å². The molecular formula is C28H28F7N5O4. The molecule has 0 aliphatic carbocycles. The number of hydrogen-bond acceptors (Lipinski definition) is 8. The zero-order valence-electron chi connectivity index (χ0n) is 23.3. The highest BCUT2D eigenvalue weighted by Gasteiger charge is 2.38. The van der Waals surface area contributed by atoms with Crippen molar-refractivity contribution >= 4 is 17.5 Å². The Morgan fingerprint density at radius 3 is 2.34 bits per heavy atom. The van der Waals surface area contributed by atoms with Crippen LogP contribution < -0.4 is 24.8 Å². The summed E-state index contributed by atoms with van der Waals surface area (Å²) >= 11 is 0. The Bertz CT molecular complexity index is 1410. The maximum Gasteiger partial charge on any atom is 0.573 e. The molecule has 1 saturated heterocycles. The Labute approximate surface area is 247 Å². The van der Waals surface area contributed by atoms with Gasteiger partial charge in [0, 0.05) is 37.6 Å². The molecule has 0 bridgehead atoms. The largest absolute Gasteiger partial charge is 0.573 e. The standard InChI is InChI=1S/C28H28F7N5O4/c1-42-22-7-2-17(14-23(22)43-13-10-29)16-40-11-8-19(9-12-40)38-26-36-15-21(24(39-26)27(30,31)32)25(41)37-18-3-5-20(6-4-18)44-28(33,34)35/h2-7,14-15,19H,8-13,16H2,1H3,(H,37,41)(H,36,38,39). The van der Waals surface area contributed by atoms with Crippen LogP contribution in [0.5, 0.6) is 17.2 Å². The number of aromatic nitrogens is 2. The van der Waals surface area contributed by atoms with Gasteiger partial charge in [0.2, 0.25) is 5.95 Å². The molecule has 0 atom stereocenters. The highest BCUT2D eigenvalue weighted by molar-refractivity contribution is 6.05. The van der Waals surface area contributed by atoms with Gasteiger partial charge in [-0.2, -0.15) is 13.2 Å². The average molecular weight is 632 g/mol. The molecular weight excluding hydrogens is 603 g/mol. The van der Waals surface area contributed by atoms with Gasteiger partial charge in [-0.3, -0.25) is 9.69 Å². The second-order valence-electron chi connectivity index (χ2n) is 9.70. The van der Waals surface area contributed by atoms with Crippen LogP contribution in [0, 0.1) is 0 Å². The number of piperidine rings is 1. The molecule has 2 heterocycles. The topological polar surface area (TPSA) is 97.8 Å². The van der Waals surface area contributed by atoms with E-state index in [9.17, 15) is 35.5 Å². The van der Waals surface area contributed by atoms with Crippen LogP contribution in [-0.2, 0) is 12.7 Å². The molecule has 0 spiro atoms. The Morgan fingerprint density at radius 2 is 1.73 bits per heavy atom. The summed E-state index contributed by atoms with van der Waals surface area (Å²) in [7, 11) is 1.49. The maximum absolute atomic E-state index is 13.9. The van der Waals surface area contributed by atoms with Crippen molar-refractivity contribution in [1.82, 2.24) is 14.9 Å². The number of benzene rings is 2. The number of halogens is 7. The van der Waals surface area contributed by atoms with Gasteiger partial charge < -0.3 is 24.8 Å². The number of carbonyl (C=O) groups is 1. The molecule has 9 nitrogen and oxygen atoms in total. The minimum Gasteiger partial charge on any atom is -0.493 e. The van der Waals surface area contributed by atoms with E-state index in [4.69, 9.17) is 9.47 Å². The first-order chi connectivity index (χ1) is 20.8. The van der Waals surface area contributed by atoms with Crippen LogP contribution in [0.2, 0.25) is 0 Å². The van der Waals surface area contributed by atoms with E-state index in [1.54, 1.807) is 12.1 Å². The molecule has 2 N–H and O–H groups in total. The van der Waals surface area contributed by atoms with Gasteiger partial charge in [0.05, 0.1) is 12.7 Å². The molecule has 44 heavy (non-hydrogen) atoms. The lowest BCUT2D eigenvalue weighted by Crippen LogP contribution is -2.39. The molecule has 1 aliphatic heterocycles. The van der Waals surface area contributed by atoms with Crippen molar-refractivity contribution in [2.75, 3.05) is 44.1 Å². The minimum atomic E-state index is -5.00. The van der Waals surface area contributed by atoms with Gasteiger partial charge >= 0.3 is 12.5 Å². The maximum atomic E-state index is 13.9. The van der Waals surface area contributed by atoms with Crippen molar-refractivity contribution in [3.05, 3.63) is 65.5 Å². The molecule has 1 aromatic heterocycles. The summed E-state index contributed by atoms with van der Waals surface area (Å²) in [5.41, 5.74) is -1.47. The normalized spacial score (nSPS) is 14.6. The molecule has 4 rings (SSSR count). The second-order valence-corrected chi connectivity index (χ2v) is 9.70. The first-order valence-corrected chi connectivity index (χ1v) is 13.3. The molecule has 3 aromatic rings. The quantitative estimate of drug-likeness (QED) is 0.246. The number of rotatable bonds is 11. The zero-order chi connectivity index (χ0) is 31.9. The van der Waals surface area contributed by atoms with Crippen molar-refractivity contribution in [2.24, 2.45) is 0 Å². The van der Waals surface area contributed by atoms with E-state index in [-0.39, 0.29) is 24.3 Å². The van der Waals surface area contributed by atoms with Gasteiger partial charge in [-0.25, -0.2) is 14.4 Å². The monoisotopic (exact) mass is 631 g/mol. The van der Waals surface area contributed by atoms with Crippen LogP contribution in [0.4, 0.5) is 42.4 Å². The van der Waals surface area contributed by atoms with Crippen molar-refractivity contribution in [2.45, 2.75) is 38.0 Å². The Hall–Kier alpha value is -4.34. The third-order valence-corrected chi connectivity index (χ3v) is 6.54. The van der Waals surface area contributed by atoms with Crippen LogP contribution in [0.25, 0.3) is 0 Å². The van der Waals surface area contributed by atoms with Gasteiger partial charge in [-0.1, -0.05) is 6.07 Å². The lowest BCUT2D eigenvalue weighted by molar-refractivity contribution is -0.274. The number of ether oxygens (including phenoxy) is 3. The van der Waals surface area contributed by atoms with E-state index in [1.807, 2.05) is 6.07 Å². The Kier molecular flexibility index (Phi) is 10.3. The fraction of sp³-hybridized carbons (Fsp3) is 0.393. The highest BCUT2D eigenvalue weighted by atomic mass is 19.4. The predicted molar refractivity (Wildman–Crippen MR) is 144 cm³/mol. The SMILES string of the molecule is COc1ccc(CN2CCC(Nc3ncc(C(=O)Nc4ccc(OC(F)(F)F)cc4)c(C(F)(F)F)n3)CC2)cc1OCCF. The lowest BCUT2D eigenvalue weighted by atomic mass is 10.0. The summed E-state index contributed by atoms with van der Waals surface area (Å²) < 4.78 is 106. The predicted octanol–water partition coefficient (Wildman–Crippen LogP) is 6.08. The molecule has 238 valence electrons. The third-order valence-electron chi connectivity index (χ3n) is 6.54. The molecule has 1 aliphatic rings. The van der Waals surface area contributed by atoms with E-state index >= 15 is 0 Å². The Morgan fingerprint density at radius 1 is 1.02 bits per heavy atom. The molecule has 1 fully saturated rings. The summed E-state index contributed by atoms with van der Waals surface area (Å²) in [6, 6.07) is 9.05. The number of carbonyl (C=O) groups excluding carboxylic acids is 1. The number of likely N-dealkylation sites (tertiary alicyclic amines) is 1. The van der Waals surface area contributed by atoms with Gasteiger partial charge in [0.15, 0.2) is 17.2 Å². The molecule has 0 unspecified atom stereocenters. The zero-order valence-corrected chi connectivity index (χ0v) is 23.3. The molecule has 0 radical (unpaired) electrons. The summed E-state index contributed by atoms with van der Waals surface area (Å²) in [5.74, 6) is -1.14. The fourth-order valence-corrected chi connectivity index (χ4v) is 4.53. The average Bonchev–Trinajstić information content (AvgIpc) is 2.97. The van der Waals surface area contributed by atoms with E-state index < -0.39 is 42.1 Å². The van der Waals surface area contributed by atoms with Crippen molar-refractivity contribution < 1.29 is 49.7 Å². The molecule has 2 aromatic carbocycles. The number of nitrogens with one attached hydrogen (secondary N) is 2. The summed E-state index contributed by atoms with van der Waals surface area (Å²) in [5, 5.41) is 5.10. The van der Waals surface area contributed by atoms with Crippen molar-refractivity contribution in [3.8, 4) is 17.2 Å². The van der Waals surface area contributed by atoms with Crippen molar-refractivity contribution in [1.29, 1.82) is 0 Å². The fourth-order valence-electron chi connectivity index (χ4n) is 4.53. The number of hydrogen-bond donors (Lipinski definition) is 2. The van der Waals surface area contributed by atoms with Crippen LogP contribution >= 0.6 is 0 Å². The Balaban J connectivity index is 1.36. The number of anilines is 2. The molecule has 16 heteroatoms. The van der Waals surface area contributed by atoms with Gasteiger partial charge in [-0.15, -0.1) is 13.2 Å². The third kappa shape index (κ3) is 9.08. The summed E-state index contributed by atoms with van der Waals surface area (Å²) in [4.78, 5) is 22.3. The number of alkyl halides is 7. The summed E-state index contributed by atoms with van der Waals surface area (Å²) in [6.07, 6.45) is -8.03. The van der Waals surface area contributed by atoms with E-state index in [0.29, 0.717) is 44.0 Å². The first-order valence-electron chi connectivity index (χ1n) is 13.3. The first kappa shape index (κ1) is 32.6. The molecule has 0 saturated carbocycles. The second kappa shape index (κ2) is 14.0. The van der Waals surface area contributed by atoms with Crippen LogP contribution in [0.1, 0.15) is 34.5 Å². The van der Waals surface area contributed by atoms with Crippen LogP contribution in [0.3, 0.4) is 0 Å². The number of amides is 1. The van der Waals surface area contributed by atoms with E-state index in [1.165, 1.54) is 7.11 Å². The smallest absolute Gasteiger partial charge is 0.493 e. The molecule has 1 amide bonds. The van der Waals surface area contributed by atoms with Crippen molar-refractivity contribution in [3.63, 3.8) is 0 Å². The highest BCUT2D eigenvalue weighted by Crippen LogP contribution is 2.32. The van der Waals surface area contributed by atoms with Gasteiger partial charge in [0.1, 0.15) is 19.0 Å².